The number of hydrogen-bond donors (Lipinski definition) is 1. The van der Waals surface area contributed by atoms with Crippen LogP contribution in [0.3, 0.4) is 0 Å². The molecule has 3 rings (SSSR count). The highest BCUT2D eigenvalue weighted by molar-refractivity contribution is 6.25. The van der Waals surface area contributed by atoms with Crippen LogP contribution >= 0.6 is 0 Å². The van der Waals surface area contributed by atoms with Crippen LogP contribution in [0.1, 0.15) is 12.5 Å². The van der Waals surface area contributed by atoms with Crippen molar-refractivity contribution in [2.75, 3.05) is 25.6 Å². The van der Waals surface area contributed by atoms with E-state index in [1.54, 1.807) is 12.1 Å². The lowest BCUT2D eigenvalue weighted by Gasteiger charge is -2.21. The first-order valence-corrected chi connectivity index (χ1v) is 8.65. The number of Topliss-reactive ketones (excluding diaryl/α,β-unsaturated/α-hetero) is 1. The van der Waals surface area contributed by atoms with Gasteiger partial charge in [0.05, 0.1) is 17.6 Å². The zero-order chi connectivity index (χ0) is 21.0. The predicted molar refractivity (Wildman–Crippen MR) is 104 cm³/mol. The lowest BCUT2D eigenvalue weighted by Crippen LogP contribution is -2.19. The Balaban J connectivity index is 1.89. The number of ether oxygens (including phenoxy) is 3. The first kappa shape index (κ1) is 19.9. The van der Waals surface area contributed by atoms with E-state index in [4.69, 9.17) is 14.2 Å². The molecule has 0 saturated heterocycles. The van der Waals surface area contributed by atoms with Gasteiger partial charge >= 0.3 is 0 Å². The van der Waals surface area contributed by atoms with Gasteiger partial charge in [0, 0.05) is 17.8 Å². The number of nitro benzene ring substituents is 1. The topological polar surface area (TPSA) is 117 Å². The van der Waals surface area contributed by atoms with E-state index < -0.39 is 16.6 Å². The number of ketones is 1. The maximum atomic E-state index is 12.6. The van der Waals surface area contributed by atoms with E-state index in [0.29, 0.717) is 41.7 Å². The van der Waals surface area contributed by atoms with Gasteiger partial charge in [0.25, 0.3) is 11.6 Å². The summed E-state index contributed by atoms with van der Waals surface area (Å²) in [5.74, 6) is 0.266. The van der Waals surface area contributed by atoms with Crippen LogP contribution < -0.4 is 19.5 Å². The SMILES string of the molecule is COc1cc(/C=C(\C(C)=O)C(=O)Nc2ccc([N+](=O)[O-])cc2)cc2c1OCCO2. The number of nitrogens with one attached hydrogen (secondary N) is 1. The first-order valence-electron chi connectivity index (χ1n) is 8.65. The minimum atomic E-state index is -0.639. The number of amides is 1. The Bertz CT molecular complexity index is 979. The number of carbonyl (C=O) groups excluding carboxylic acids is 2. The molecule has 1 amide bonds. The van der Waals surface area contributed by atoms with E-state index in [9.17, 15) is 19.7 Å². The maximum absolute atomic E-state index is 12.6. The largest absolute Gasteiger partial charge is 0.493 e. The van der Waals surface area contributed by atoms with Gasteiger partial charge in [0.1, 0.15) is 13.2 Å². The average molecular weight is 398 g/mol. The number of nitrogens with zero attached hydrogens (tertiary/aromatic N) is 1. The third-order valence-corrected chi connectivity index (χ3v) is 4.12. The third kappa shape index (κ3) is 4.52. The van der Waals surface area contributed by atoms with Gasteiger partial charge in [-0.1, -0.05) is 0 Å². The van der Waals surface area contributed by atoms with Crippen molar-refractivity contribution >= 4 is 29.1 Å². The fraction of sp³-hybridized carbons (Fsp3) is 0.200. The molecule has 0 bridgehead atoms. The lowest BCUT2D eigenvalue weighted by molar-refractivity contribution is -0.384. The van der Waals surface area contributed by atoms with Gasteiger partial charge in [-0.2, -0.15) is 0 Å². The van der Waals surface area contributed by atoms with Crippen LogP contribution in [0.2, 0.25) is 0 Å². The van der Waals surface area contributed by atoms with E-state index in [-0.39, 0.29) is 11.3 Å². The van der Waals surface area contributed by atoms with Gasteiger partial charge in [0.15, 0.2) is 17.3 Å². The molecule has 0 fully saturated rings. The molecular weight excluding hydrogens is 380 g/mol. The highest BCUT2D eigenvalue weighted by atomic mass is 16.6. The Hall–Kier alpha value is -3.88. The number of fused-ring (bicyclic) bond motifs is 1. The monoisotopic (exact) mass is 398 g/mol. The van der Waals surface area contributed by atoms with Gasteiger partial charge in [-0.25, -0.2) is 0 Å². The number of non-ortho nitro benzene ring substituents is 1. The minimum Gasteiger partial charge on any atom is -0.493 e. The minimum absolute atomic E-state index is 0.0953. The molecule has 0 aromatic heterocycles. The molecule has 0 spiro atoms. The molecular formula is C20H18N2O7. The van der Waals surface area contributed by atoms with Crippen molar-refractivity contribution in [2.45, 2.75) is 6.92 Å². The molecule has 2 aromatic carbocycles. The highest BCUT2D eigenvalue weighted by Crippen LogP contribution is 2.40. The average Bonchev–Trinajstić information content (AvgIpc) is 2.71. The van der Waals surface area contributed by atoms with Crippen molar-refractivity contribution in [2.24, 2.45) is 0 Å². The number of hydrogen-bond acceptors (Lipinski definition) is 7. The second-order valence-corrected chi connectivity index (χ2v) is 6.12. The Morgan fingerprint density at radius 2 is 1.86 bits per heavy atom. The van der Waals surface area contributed by atoms with E-state index in [2.05, 4.69) is 5.32 Å². The first-order chi connectivity index (χ1) is 13.9. The van der Waals surface area contributed by atoms with Crippen LogP contribution in [0, 0.1) is 10.1 Å². The zero-order valence-electron chi connectivity index (χ0n) is 15.8. The normalized spacial score (nSPS) is 12.8. The summed E-state index contributed by atoms with van der Waals surface area (Å²) in [6, 6.07) is 8.59. The Kier molecular flexibility index (Phi) is 5.77. The molecule has 29 heavy (non-hydrogen) atoms. The second kappa shape index (κ2) is 8.42. The summed E-state index contributed by atoms with van der Waals surface area (Å²) in [4.78, 5) is 34.8. The van der Waals surface area contributed by atoms with Crippen LogP contribution in [0.15, 0.2) is 42.0 Å². The Labute approximate surface area is 166 Å². The number of methoxy groups -OCH3 is 1. The molecule has 0 unspecified atom stereocenters. The fourth-order valence-corrected chi connectivity index (χ4v) is 2.74. The fourth-order valence-electron chi connectivity index (χ4n) is 2.74. The summed E-state index contributed by atoms with van der Waals surface area (Å²) in [5, 5.41) is 13.3. The molecule has 9 nitrogen and oxygen atoms in total. The number of nitro groups is 1. The summed E-state index contributed by atoms with van der Waals surface area (Å²) in [6.07, 6.45) is 1.42. The van der Waals surface area contributed by atoms with Crippen LogP contribution in [0.25, 0.3) is 6.08 Å². The van der Waals surface area contributed by atoms with E-state index in [0.717, 1.165) is 0 Å². The third-order valence-electron chi connectivity index (χ3n) is 4.12. The summed E-state index contributed by atoms with van der Waals surface area (Å²) in [5.41, 5.74) is 0.651. The van der Waals surface area contributed by atoms with E-state index in [1.165, 1.54) is 44.4 Å². The van der Waals surface area contributed by atoms with Crippen LogP contribution in [0.4, 0.5) is 11.4 Å². The molecule has 0 radical (unpaired) electrons. The number of benzene rings is 2. The van der Waals surface area contributed by atoms with Gasteiger partial charge in [-0.3, -0.25) is 19.7 Å². The van der Waals surface area contributed by atoms with Crippen molar-refractivity contribution in [1.29, 1.82) is 0 Å². The molecule has 9 heteroatoms. The summed E-state index contributed by atoms with van der Waals surface area (Å²) in [7, 11) is 1.48. The Morgan fingerprint density at radius 3 is 2.48 bits per heavy atom. The van der Waals surface area contributed by atoms with Crippen molar-refractivity contribution in [3.05, 3.63) is 57.6 Å². The van der Waals surface area contributed by atoms with Crippen molar-refractivity contribution in [3.8, 4) is 17.2 Å². The number of rotatable bonds is 6. The molecule has 0 atom stereocenters. The zero-order valence-corrected chi connectivity index (χ0v) is 15.8. The molecule has 2 aromatic rings. The molecule has 1 N–H and O–H groups in total. The van der Waals surface area contributed by atoms with Gasteiger partial charge in [0.2, 0.25) is 5.75 Å². The van der Waals surface area contributed by atoms with Crippen molar-refractivity contribution in [1.82, 2.24) is 0 Å². The van der Waals surface area contributed by atoms with Gasteiger partial charge < -0.3 is 19.5 Å². The van der Waals surface area contributed by atoms with Crippen molar-refractivity contribution in [3.63, 3.8) is 0 Å². The van der Waals surface area contributed by atoms with Gasteiger partial charge in [-0.15, -0.1) is 0 Å². The smallest absolute Gasteiger partial charge is 0.269 e. The van der Waals surface area contributed by atoms with Crippen molar-refractivity contribution < 1.29 is 28.7 Å². The second-order valence-electron chi connectivity index (χ2n) is 6.12. The van der Waals surface area contributed by atoms with Crippen LogP contribution in [0.5, 0.6) is 17.2 Å². The van der Waals surface area contributed by atoms with E-state index >= 15 is 0 Å². The number of anilines is 1. The highest BCUT2D eigenvalue weighted by Gasteiger charge is 2.20. The Morgan fingerprint density at radius 1 is 1.17 bits per heavy atom. The molecule has 0 aliphatic carbocycles. The predicted octanol–water partition coefficient (Wildman–Crippen LogP) is 2.99. The quantitative estimate of drug-likeness (QED) is 0.261. The summed E-state index contributed by atoms with van der Waals surface area (Å²) in [6.45, 7) is 2.05. The molecule has 1 aliphatic heterocycles. The van der Waals surface area contributed by atoms with Crippen LogP contribution in [-0.4, -0.2) is 36.9 Å². The molecule has 0 saturated carbocycles. The number of carbonyl (C=O) groups is 2. The lowest BCUT2D eigenvalue weighted by atomic mass is 10.1. The van der Waals surface area contributed by atoms with E-state index in [1.807, 2.05) is 0 Å². The molecule has 1 aliphatic rings. The maximum Gasteiger partial charge on any atom is 0.269 e. The molecule has 1 heterocycles. The standard InChI is InChI=1S/C20H18N2O7/c1-12(23)16(20(24)21-14-3-5-15(6-4-14)22(25)26)9-13-10-17(27-2)19-18(11-13)28-7-8-29-19/h3-6,9-11H,7-8H2,1-2H3,(H,21,24)/b16-9+. The van der Waals surface area contributed by atoms with Crippen LogP contribution in [-0.2, 0) is 9.59 Å². The van der Waals surface area contributed by atoms with Gasteiger partial charge in [-0.05, 0) is 42.8 Å². The molecule has 150 valence electrons. The summed E-state index contributed by atoms with van der Waals surface area (Å²) >= 11 is 0. The summed E-state index contributed by atoms with van der Waals surface area (Å²) < 4.78 is 16.4.